The summed E-state index contributed by atoms with van der Waals surface area (Å²) in [5, 5.41) is 7.87. The van der Waals surface area contributed by atoms with Gasteiger partial charge in [0.15, 0.2) is 0 Å². The quantitative estimate of drug-likeness (QED) is 0.456. The number of halogens is 1. The summed E-state index contributed by atoms with van der Waals surface area (Å²) in [5.41, 5.74) is 0.475. The van der Waals surface area contributed by atoms with Crippen LogP contribution in [0.1, 0.15) is 6.92 Å². The molecule has 0 aliphatic carbocycles. The molecule has 0 atom stereocenters. The second-order valence-corrected chi connectivity index (χ2v) is 1.25. The highest BCUT2D eigenvalue weighted by molar-refractivity contribution is 5.10. The van der Waals surface area contributed by atoms with Gasteiger partial charge in [0.1, 0.15) is 6.67 Å². The number of alkyl halides is 1. The van der Waals surface area contributed by atoms with Crippen LogP contribution in [0.4, 0.5) is 4.39 Å². The second kappa shape index (κ2) is 3.35. The van der Waals surface area contributed by atoms with E-state index in [-0.39, 0.29) is 0 Å². The summed E-state index contributed by atoms with van der Waals surface area (Å²) in [4.78, 5) is 0. The Bertz CT molecular complexity index is 110. The summed E-state index contributed by atoms with van der Waals surface area (Å²) in [6.45, 7) is 1.05. The minimum Gasteiger partial charge on any atom is -0.246 e. The van der Waals surface area contributed by atoms with Crippen molar-refractivity contribution in [3.8, 4) is 6.07 Å². The SMILES string of the molecule is C/C(=C\C#N)CF. The van der Waals surface area contributed by atoms with E-state index in [4.69, 9.17) is 5.26 Å². The Morgan fingerprint density at radius 1 is 2.00 bits per heavy atom. The summed E-state index contributed by atoms with van der Waals surface area (Å²) in [6, 6.07) is 1.72. The molecule has 0 aromatic carbocycles. The van der Waals surface area contributed by atoms with Gasteiger partial charge < -0.3 is 0 Å². The van der Waals surface area contributed by atoms with Crippen molar-refractivity contribution in [3.63, 3.8) is 0 Å². The minimum absolute atomic E-state index is 0.475. The smallest absolute Gasteiger partial charge is 0.111 e. The lowest BCUT2D eigenvalue weighted by molar-refractivity contribution is 0.543. The maximum atomic E-state index is 11.4. The molecule has 0 heterocycles. The molecule has 0 aromatic heterocycles. The Kier molecular flexibility index (Phi) is 2.95. The number of nitrogens with zero attached hydrogens (tertiary/aromatic N) is 1. The van der Waals surface area contributed by atoms with Crippen molar-refractivity contribution >= 4 is 0 Å². The summed E-state index contributed by atoms with van der Waals surface area (Å²) in [7, 11) is 0. The summed E-state index contributed by atoms with van der Waals surface area (Å²) in [5.74, 6) is 0. The summed E-state index contributed by atoms with van der Waals surface area (Å²) in [6.07, 6.45) is 1.19. The van der Waals surface area contributed by atoms with E-state index in [9.17, 15) is 4.39 Å². The van der Waals surface area contributed by atoms with Gasteiger partial charge in [-0.15, -0.1) is 0 Å². The Labute approximate surface area is 42.1 Å². The average molecular weight is 99.1 g/mol. The highest BCUT2D eigenvalue weighted by Gasteiger charge is 1.80. The van der Waals surface area contributed by atoms with Crippen molar-refractivity contribution in [2.75, 3.05) is 6.67 Å². The molecule has 38 valence electrons. The minimum atomic E-state index is -0.520. The van der Waals surface area contributed by atoms with E-state index in [1.807, 2.05) is 0 Å². The van der Waals surface area contributed by atoms with Crippen LogP contribution in [0.2, 0.25) is 0 Å². The molecule has 0 spiro atoms. The van der Waals surface area contributed by atoms with Crippen molar-refractivity contribution in [1.82, 2.24) is 0 Å². The Morgan fingerprint density at radius 2 is 2.57 bits per heavy atom. The van der Waals surface area contributed by atoms with Gasteiger partial charge in [-0.3, -0.25) is 0 Å². The van der Waals surface area contributed by atoms with Gasteiger partial charge in [0.05, 0.1) is 6.07 Å². The van der Waals surface area contributed by atoms with Crippen molar-refractivity contribution in [2.45, 2.75) is 6.92 Å². The zero-order valence-electron chi connectivity index (χ0n) is 4.11. The molecule has 0 amide bonds. The summed E-state index contributed by atoms with van der Waals surface area (Å²) < 4.78 is 11.4. The number of rotatable bonds is 1. The van der Waals surface area contributed by atoms with E-state index >= 15 is 0 Å². The maximum Gasteiger partial charge on any atom is 0.111 e. The first-order chi connectivity index (χ1) is 3.31. The Balaban J connectivity index is 3.56. The number of nitriles is 1. The van der Waals surface area contributed by atoms with Gasteiger partial charge in [-0.05, 0) is 12.5 Å². The monoisotopic (exact) mass is 99.0 g/mol. The van der Waals surface area contributed by atoms with E-state index in [0.29, 0.717) is 5.57 Å². The molecule has 0 aliphatic heterocycles. The molecule has 0 unspecified atom stereocenters. The highest BCUT2D eigenvalue weighted by atomic mass is 19.1. The predicted molar refractivity (Wildman–Crippen MR) is 25.3 cm³/mol. The number of allylic oxidation sites excluding steroid dienone is 2. The molecule has 2 heteroatoms. The fourth-order valence-electron chi connectivity index (χ4n) is 0.149. The molecule has 0 aromatic rings. The van der Waals surface area contributed by atoms with Crippen LogP contribution >= 0.6 is 0 Å². The second-order valence-electron chi connectivity index (χ2n) is 1.25. The zero-order chi connectivity index (χ0) is 5.70. The topological polar surface area (TPSA) is 23.8 Å². The first kappa shape index (κ1) is 6.16. The number of hydrogen-bond acceptors (Lipinski definition) is 1. The molecule has 0 saturated heterocycles. The average Bonchev–Trinajstić information content (AvgIpc) is 1.68. The van der Waals surface area contributed by atoms with E-state index in [1.54, 1.807) is 13.0 Å². The van der Waals surface area contributed by atoms with Crippen LogP contribution in [0.5, 0.6) is 0 Å². The molecule has 0 rings (SSSR count). The molecule has 1 nitrogen and oxygen atoms in total. The highest BCUT2D eigenvalue weighted by Crippen LogP contribution is 1.89. The fourth-order valence-corrected chi connectivity index (χ4v) is 0.149. The molecule has 0 saturated carbocycles. The molecular weight excluding hydrogens is 93.1 g/mol. The van der Waals surface area contributed by atoms with Crippen LogP contribution in [-0.2, 0) is 0 Å². The van der Waals surface area contributed by atoms with Crippen LogP contribution in [-0.4, -0.2) is 6.67 Å². The van der Waals surface area contributed by atoms with Crippen molar-refractivity contribution < 1.29 is 4.39 Å². The summed E-state index contributed by atoms with van der Waals surface area (Å²) >= 11 is 0. The molecule has 0 N–H and O–H groups in total. The maximum absolute atomic E-state index is 11.4. The van der Waals surface area contributed by atoms with Crippen LogP contribution in [0.3, 0.4) is 0 Å². The molecule has 0 aliphatic rings. The van der Waals surface area contributed by atoms with Gasteiger partial charge in [0, 0.05) is 6.08 Å². The largest absolute Gasteiger partial charge is 0.246 e. The first-order valence-electron chi connectivity index (χ1n) is 1.92. The Hall–Kier alpha value is -0.840. The zero-order valence-corrected chi connectivity index (χ0v) is 4.11. The van der Waals surface area contributed by atoms with Gasteiger partial charge in [-0.2, -0.15) is 5.26 Å². The van der Waals surface area contributed by atoms with E-state index in [1.165, 1.54) is 6.08 Å². The van der Waals surface area contributed by atoms with Crippen molar-refractivity contribution in [2.24, 2.45) is 0 Å². The lowest BCUT2D eigenvalue weighted by Gasteiger charge is -1.80. The first-order valence-corrected chi connectivity index (χ1v) is 1.92. The molecule has 0 bridgehead atoms. The third-order valence-corrected chi connectivity index (χ3v) is 0.522. The fraction of sp³-hybridized carbons (Fsp3) is 0.400. The van der Waals surface area contributed by atoms with E-state index < -0.39 is 6.67 Å². The number of hydrogen-bond donors (Lipinski definition) is 0. The van der Waals surface area contributed by atoms with Gasteiger partial charge >= 0.3 is 0 Å². The van der Waals surface area contributed by atoms with Gasteiger partial charge in [0.25, 0.3) is 0 Å². The molecule has 7 heavy (non-hydrogen) atoms. The van der Waals surface area contributed by atoms with Crippen LogP contribution in [0.25, 0.3) is 0 Å². The van der Waals surface area contributed by atoms with Gasteiger partial charge in [0.2, 0.25) is 0 Å². The van der Waals surface area contributed by atoms with Crippen molar-refractivity contribution in [1.29, 1.82) is 5.26 Å². The molecule has 0 fully saturated rings. The van der Waals surface area contributed by atoms with E-state index in [0.717, 1.165) is 0 Å². The molecular formula is C5H6FN. The van der Waals surface area contributed by atoms with Crippen LogP contribution in [0.15, 0.2) is 11.6 Å². The lowest BCUT2D eigenvalue weighted by Crippen LogP contribution is -1.73. The third-order valence-electron chi connectivity index (χ3n) is 0.522. The van der Waals surface area contributed by atoms with Gasteiger partial charge in [-0.1, -0.05) is 0 Å². The lowest BCUT2D eigenvalue weighted by atomic mass is 10.3. The van der Waals surface area contributed by atoms with Crippen LogP contribution in [0, 0.1) is 11.3 Å². The van der Waals surface area contributed by atoms with Crippen molar-refractivity contribution in [3.05, 3.63) is 11.6 Å². The van der Waals surface area contributed by atoms with Crippen LogP contribution < -0.4 is 0 Å². The third kappa shape index (κ3) is 2.98. The van der Waals surface area contributed by atoms with Gasteiger partial charge in [-0.25, -0.2) is 4.39 Å². The molecule has 0 radical (unpaired) electrons. The van der Waals surface area contributed by atoms with E-state index in [2.05, 4.69) is 0 Å². The predicted octanol–water partition coefficient (Wildman–Crippen LogP) is 1.43. The standard InChI is InChI=1S/C5H6FN/c1-5(4-6)2-3-7/h2H,4H2,1H3/b5-2+. The normalized spacial score (nSPS) is 10.7. The Morgan fingerprint density at radius 3 is 2.71 bits per heavy atom.